The van der Waals surface area contributed by atoms with Crippen LogP contribution < -0.4 is 10.6 Å². The Morgan fingerprint density at radius 3 is 2.71 bits per heavy atom. The first-order valence-corrected chi connectivity index (χ1v) is 6.33. The van der Waals surface area contributed by atoms with E-state index in [1.807, 2.05) is 13.0 Å². The maximum Gasteiger partial charge on any atom is 0.249 e. The maximum absolute atomic E-state index is 11.8. The van der Waals surface area contributed by atoms with Crippen molar-refractivity contribution in [1.29, 1.82) is 0 Å². The summed E-state index contributed by atoms with van der Waals surface area (Å²) in [4.78, 5) is 27.0. The smallest absolute Gasteiger partial charge is 0.249 e. The van der Waals surface area contributed by atoms with Gasteiger partial charge in [0.1, 0.15) is 11.5 Å². The zero-order chi connectivity index (χ0) is 15.2. The van der Waals surface area contributed by atoms with Crippen LogP contribution in [0.15, 0.2) is 41.0 Å². The number of pyridine rings is 1. The molecule has 0 aromatic carbocycles. The number of furan rings is 1. The molecule has 0 aliphatic carbocycles. The topological polar surface area (TPSA) is 84.2 Å². The molecule has 0 radical (unpaired) electrons. The molecule has 2 aromatic rings. The second-order valence-corrected chi connectivity index (χ2v) is 4.35. The van der Waals surface area contributed by atoms with Crippen LogP contribution in [0.4, 0.5) is 11.5 Å². The Balaban J connectivity index is 2.06. The highest BCUT2D eigenvalue weighted by Gasteiger charge is 2.07. The first-order chi connectivity index (χ1) is 10.0. The first-order valence-electron chi connectivity index (χ1n) is 6.33. The minimum Gasteiger partial charge on any atom is -0.462 e. The lowest BCUT2D eigenvalue weighted by atomic mass is 10.3. The van der Waals surface area contributed by atoms with E-state index in [0.717, 1.165) is 5.76 Å². The highest BCUT2D eigenvalue weighted by Crippen LogP contribution is 2.17. The minimum atomic E-state index is -0.366. The van der Waals surface area contributed by atoms with E-state index in [1.54, 1.807) is 24.3 Å². The molecule has 6 heteroatoms. The third-order valence-corrected chi connectivity index (χ3v) is 2.52. The number of aromatic nitrogens is 1. The standard InChI is InChI=1S/C15H15N3O3/c1-10-5-6-12(21-10)7-8-14(20)18-15-13(17-11(2)19)4-3-9-16-15/h3-9H,1-2H3,(H,17,19)(H,16,18,20). The molecular formula is C15H15N3O3. The Labute approximate surface area is 121 Å². The van der Waals surface area contributed by atoms with E-state index < -0.39 is 0 Å². The molecule has 2 aromatic heterocycles. The Hall–Kier alpha value is -2.89. The van der Waals surface area contributed by atoms with E-state index in [-0.39, 0.29) is 17.6 Å². The van der Waals surface area contributed by atoms with Gasteiger partial charge in [-0.25, -0.2) is 4.98 Å². The lowest BCUT2D eigenvalue weighted by Gasteiger charge is -2.08. The number of carbonyl (C=O) groups is 2. The molecule has 2 N–H and O–H groups in total. The van der Waals surface area contributed by atoms with Gasteiger partial charge in [0.15, 0.2) is 5.82 Å². The summed E-state index contributed by atoms with van der Waals surface area (Å²) in [7, 11) is 0. The monoisotopic (exact) mass is 285 g/mol. The third kappa shape index (κ3) is 4.31. The molecular weight excluding hydrogens is 270 g/mol. The fraction of sp³-hybridized carbons (Fsp3) is 0.133. The summed E-state index contributed by atoms with van der Waals surface area (Å²) in [5, 5.41) is 5.20. The molecule has 108 valence electrons. The Morgan fingerprint density at radius 1 is 1.24 bits per heavy atom. The molecule has 0 aliphatic rings. The van der Waals surface area contributed by atoms with Crippen molar-refractivity contribution in [2.24, 2.45) is 0 Å². The van der Waals surface area contributed by atoms with Crippen LogP contribution in [0.5, 0.6) is 0 Å². The molecule has 0 saturated carbocycles. The quantitative estimate of drug-likeness (QED) is 0.846. The number of nitrogens with zero attached hydrogens (tertiary/aromatic N) is 1. The van der Waals surface area contributed by atoms with Crippen LogP contribution in [0.25, 0.3) is 6.08 Å². The Bertz CT molecular complexity index is 689. The van der Waals surface area contributed by atoms with Crippen LogP contribution in [0.3, 0.4) is 0 Å². The summed E-state index contributed by atoms with van der Waals surface area (Å²) in [5.74, 6) is 1.05. The van der Waals surface area contributed by atoms with Gasteiger partial charge < -0.3 is 15.1 Å². The van der Waals surface area contributed by atoms with Gasteiger partial charge in [0.25, 0.3) is 0 Å². The molecule has 21 heavy (non-hydrogen) atoms. The molecule has 2 heterocycles. The fourth-order valence-electron chi connectivity index (χ4n) is 1.65. The number of hydrogen-bond donors (Lipinski definition) is 2. The van der Waals surface area contributed by atoms with E-state index in [9.17, 15) is 9.59 Å². The van der Waals surface area contributed by atoms with Crippen LogP contribution >= 0.6 is 0 Å². The Morgan fingerprint density at radius 2 is 2.05 bits per heavy atom. The van der Waals surface area contributed by atoms with Crippen molar-refractivity contribution >= 4 is 29.4 Å². The average Bonchev–Trinajstić information content (AvgIpc) is 2.84. The molecule has 2 rings (SSSR count). The van der Waals surface area contributed by atoms with Crippen molar-refractivity contribution in [3.8, 4) is 0 Å². The molecule has 0 saturated heterocycles. The summed E-state index contributed by atoms with van der Waals surface area (Å²) in [5.41, 5.74) is 0.445. The van der Waals surface area contributed by atoms with E-state index >= 15 is 0 Å². The number of nitrogens with one attached hydrogen (secondary N) is 2. The van der Waals surface area contributed by atoms with Crippen LogP contribution in [0, 0.1) is 6.92 Å². The summed E-state index contributed by atoms with van der Waals surface area (Å²) in [6.07, 6.45) is 4.42. The molecule has 0 fully saturated rings. The highest BCUT2D eigenvalue weighted by molar-refractivity contribution is 6.04. The summed E-state index contributed by atoms with van der Waals surface area (Å²) < 4.78 is 5.32. The number of anilines is 2. The number of aryl methyl sites for hydroxylation is 1. The number of hydrogen-bond acceptors (Lipinski definition) is 4. The zero-order valence-corrected chi connectivity index (χ0v) is 11.7. The van der Waals surface area contributed by atoms with Gasteiger partial charge in [-0.2, -0.15) is 0 Å². The molecule has 0 unspecified atom stereocenters. The summed E-state index contributed by atoms with van der Waals surface area (Å²) >= 11 is 0. The van der Waals surface area contributed by atoms with Crippen molar-refractivity contribution in [1.82, 2.24) is 4.98 Å². The molecule has 0 atom stereocenters. The van der Waals surface area contributed by atoms with Crippen molar-refractivity contribution < 1.29 is 14.0 Å². The number of amides is 2. The van der Waals surface area contributed by atoms with Gasteiger partial charge in [-0.15, -0.1) is 0 Å². The lowest BCUT2D eigenvalue weighted by molar-refractivity contribution is -0.114. The SMILES string of the molecule is CC(=O)Nc1cccnc1NC(=O)C=Cc1ccc(C)o1. The van der Waals surface area contributed by atoms with Gasteiger partial charge in [-0.05, 0) is 37.3 Å². The van der Waals surface area contributed by atoms with E-state index in [2.05, 4.69) is 15.6 Å². The van der Waals surface area contributed by atoms with Gasteiger partial charge in [-0.1, -0.05) is 0 Å². The number of rotatable bonds is 4. The van der Waals surface area contributed by atoms with Gasteiger partial charge in [0.05, 0.1) is 5.69 Å². The fourth-order valence-corrected chi connectivity index (χ4v) is 1.65. The lowest BCUT2D eigenvalue weighted by Crippen LogP contribution is -2.14. The van der Waals surface area contributed by atoms with Gasteiger partial charge in [-0.3, -0.25) is 9.59 Å². The van der Waals surface area contributed by atoms with E-state index in [0.29, 0.717) is 11.4 Å². The largest absolute Gasteiger partial charge is 0.462 e. The van der Waals surface area contributed by atoms with Crippen molar-refractivity contribution in [3.63, 3.8) is 0 Å². The van der Waals surface area contributed by atoms with Gasteiger partial charge >= 0.3 is 0 Å². The number of carbonyl (C=O) groups excluding carboxylic acids is 2. The zero-order valence-electron chi connectivity index (χ0n) is 11.7. The third-order valence-electron chi connectivity index (χ3n) is 2.52. The predicted molar refractivity (Wildman–Crippen MR) is 79.6 cm³/mol. The van der Waals surface area contributed by atoms with Crippen molar-refractivity contribution in [2.75, 3.05) is 10.6 Å². The summed E-state index contributed by atoms with van der Waals surface area (Å²) in [6.45, 7) is 3.21. The van der Waals surface area contributed by atoms with Crippen molar-refractivity contribution in [3.05, 3.63) is 48.1 Å². The first kappa shape index (κ1) is 14.5. The highest BCUT2D eigenvalue weighted by atomic mass is 16.3. The van der Waals surface area contributed by atoms with Crippen LogP contribution in [0.1, 0.15) is 18.4 Å². The molecule has 2 amide bonds. The van der Waals surface area contributed by atoms with Crippen LogP contribution in [-0.4, -0.2) is 16.8 Å². The molecule has 0 spiro atoms. The molecule has 0 aliphatic heterocycles. The van der Waals surface area contributed by atoms with Gasteiger partial charge in [0.2, 0.25) is 11.8 Å². The van der Waals surface area contributed by atoms with Crippen LogP contribution in [0.2, 0.25) is 0 Å². The van der Waals surface area contributed by atoms with Crippen molar-refractivity contribution in [2.45, 2.75) is 13.8 Å². The molecule has 0 bridgehead atoms. The minimum absolute atomic E-state index is 0.236. The average molecular weight is 285 g/mol. The van der Waals surface area contributed by atoms with E-state index in [4.69, 9.17) is 4.42 Å². The molecule has 6 nitrogen and oxygen atoms in total. The van der Waals surface area contributed by atoms with Gasteiger partial charge in [0, 0.05) is 19.2 Å². The summed E-state index contributed by atoms with van der Waals surface area (Å²) in [6, 6.07) is 6.90. The Kier molecular flexibility index (Phi) is 4.50. The van der Waals surface area contributed by atoms with Crippen LogP contribution in [-0.2, 0) is 9.59 Å². The van der Waals surface area contributed by atoms with E-state index in [1.165, 1.54) is 19.2 Å². The second-order valence-electron chi connectivity index (χ2n) is 4.35. The predicted octanol–water partition coefficient (Wildman–Crippen LogP) is 2.59. The normalized spacial score (nSPS) is 10.6. The maximum atomic E-state index is 11.8. The second kappa shape index (κ2) is 6.51.